The summed E-state index contributed by atoms with van der Waals surface area (Å²) in [6.45, 7) is 0.649. The van der Waals surface area contributed by atoms with Crippen LogP contribution < -0.4 is 5.32 Å². The van der Waals surface area contributed by atoms with Crippen LogP contribution in [0.2, 0.25) is 0 Å². The van der Waals surface area contributed by atoms with E-state index in [9.17, 15) is 21.6 Å². The molecule has 0 saturated heterocycles. The lowest BCUT2D eigenvalue weighted by Gasteiger charge is -2.11. The summed E-state index contributed by atoms with van der Waals surface area (Å²) in [6, 6.07) is 3.81. The van der Waals surface area contributed by atoms with Crippen molar-refractivity contribution in [3.05, 3.63) is 53.1 Å². The van der Waals surface area contributed by atoms with E-state index in [1.165, 1.54) is 17.8 Å². The highest BCUT2D eigenvalue weighted by molar-refractivity contribution is 8.04. The average molecular weight is 348 g/mol. The van der Waals surface area contributed by atoms with E-state index < -0.39 is 21.6 Å². The van der Waals surface area contributed by atoms with Crippen molar-refractivity contribution in [3.63, 3.8) is 0 Å². The summed E-state index contributed by atoms with van der Waals surface area (Å²) in [5.74, 6) is -0.00268. The minimum atomic E-state index is -4.56. The number of halogens is 3. The van der Waals surface area contributed by atoms with Crippen molar-refractivity contribution >= 4 is 21.6 Å². The summed E-state index contributed by atoms with van der Waals surface area (Å²) in [5.41, 5.74) is -0.962. The molecule has 1 aromatic rings. The van der Waals surface area contributed by atoms with Crippen molar-refractivity contribution in [3.8, 4) is 0 Å². The number of nitrogens with one attached hydrogen (secondary N) is 1. The molecule has 1 aromatic carbocycles. The molecule has 1 aliphatic rings. The van der Waals surface area contributed by atoms with E-state index in [2.05, 4.69) is 11.4 Å². The van der Waals surface area contributed by atoms with Crippen LogP contribution in [0.25, 0.3) is 0 Å². The van der Waals surface area contributed by atoms with Crippen molar-refractivity contribution in [1.29, 1.82) is 0 Å². The Morgan fingerprint density at radius 2 is 2.09 bits per heavy atom. The quantitative estimate of drug-likeness (QED) is 0.889. The maximum absolute atomic E-state index is 12.6. The van der Waals surface area contributed by atoms with Gasteiger partial charge in [-0.15, -0.1) is 11.8 Å². The third-order valence-electron chi connectivity index (χ3n) is 2.83. The van der Waals surface area contributed by atoms with Gasteiger partial charge in [0, 0.05) is 18.4 Å². The number of alkyl halides is 3. The molecule has 22 heavy (non-hydrogen) atoms. The molecule has 0 aliphatic carbocycles. The maximum Gasteiger partial charge on any atom is 0.416 e. The zero-order chi connectivity index (χ0) is 16.2. The normalized spacial score (nSPS) is 15.3. The van der Waals surface area contributed by atoms with E-state index in [1.54, 1.807) is 6.08 Å². The number of sulfone groups is 1. The molecule has 119 valence electrons. The van der Waals surface area contributed by atoms with E-state index >= 15 is 0 Å². The Hall–Kier alpha value is -1.41. The molecular weight excluding hydrogens is 335 g/mol. The zero-order valence-corrected chi connectivity index (χ0v) is 13.0. The van der Waals surface area contributed by atoms with E-state index in [1.807, 2.05) is 6.08 Å². The van der Waals surface area contributed by atoms with Gasteiger partial charge in [0.15, 0.2) is 9.84 Å². The summed E-state index contributed by atoms with van der Waals surface area (Å²) in [6.07, 6.45) is 1.96. The van der Waals surface area contributed by atoms with E-state index in [-0.39, 0.29) is 16.4 Å². The number of rotatable bonds is 5. The third-order valence-corrected chi connectivity index (χ3v) is 5.76. The van der Waals surface area contributed by atoms with E-state index in [4.69, 9.17) is 0 Å². The Labute approximate surface area is 131 Å². The summed E-state index contributed by atoms with van der Waals surface area (Å²) < 4.78 is 62.1. The second-order valence-electron chi connectivity index (χ2n) is 4.45. The zero-order valence-electron chi connectivity index (χ0n) is 11.4. The van der Waals surface area contributed by atoms with Gasteiger partial charge in [-0.1, -0.05) is 18.2 Å². The number of allylic oxidation sites excluding steroid dienone is 2. The highest BCUT2D eigenvalue weighted by Crippen LogP contribution is 2.30. The van der Waals surface area contributed by atoms with Crippen LogP contribution in [0.15, 0.2) is 46.3 Å². The van der Waals surface area contributed by atoms with Gasteiger partial charge in [0.25, 0.3) is 0 Å². The average Bonchev–Trinajstić information content (AvgIpc) is 2.47. The highest BCUT2D eigenvalue weighted by Gasteiger charge is 2.31. The number of dihydropyridines is 1. The Balaban J connectivity index is 2.04. The first-order valence-corrected chi connectivity index (χ1v) is 8.98. The fraction of sp³-hybridized carbons (Fsp3) is 0.286. The van der Waals surface area contributed by atoms with Crippen LogP contribution >= 0.6 is 11.8 Å². The smallest absolute Gasteiger partial charge is 0.376 e. The number of benzene rings is 1. The first kappa shape index (κ1) is 17.0. The topological polar surface area (TPSA) is 46.2 Å². The SMILES string of the molecule is O=S(=O)(CCSC1=[C]C=CCN1)c1cccc(C(F)(F)F)c1. The molecule has 1 radical (unpaired) electrons. The summed E-state index contributed by atoms with van der Waals surface area (Å²) in [5, 5.41) is 3.74. The van der Waals surface area contributed by atoms with Gasteiger partial charge in [-0.2, -0.15) is 13.2 Å². The van der Waals surface area contributed by atoms with Gasteiger partial charge in [-0.3, -0.25) is 0 Å². The minimum absolute atomic E-state index is 0.238. The van der Waals surface area contributed by atoms with Crippen molar-refractivity contribution in [2.75, 3.05) is 18.1 Å². The first-order chi connectivity index (χ1) is 10.3. The summed E-state index contributed by atoms with van der Waals surface area (Å²) >= 11 is 1.27. The minimum Gasteiger partial charge on any atom is -0.376 e. The van der Waals surface area contributed by atoms with Gasteiger partial charge >= 0.3 is 6.18 Å². The molecule has 0 bridgehead atoms. The lowest BCUT2D eigenvalue weighted by molar-refractivity contribution is -0.137. The molecule has 0 unspecified atom stereocenters. The van der Waals surface area contributed by atoms with Gasteiger partial charge in [0.05, 0.1) is 21.2 Å². The molecule has 0 amide bonds. The molecule has 8 heteroatoms. The van der Waals surface area contributed by atoms with Crippen LogP contribution in [0, 0.1) is 6.08 Å². The third kappa shape index (κ3) is 4.54. The number of hydrogen-bond donors (Lipinski definition) is 1. The standard InChI is InChI=1S/C14H13F3NO2S2/c15-14(16,17)11-4-3-5-12(10-11)22(19,20)9-8-21-13-6-1-2-7-18-13/h1-5,10,18H,7-9H2. The first-order valence-electron chi connectivity index (χ1n) is 6.34. The van der Waals surface area contributed by atoms with Crippen molar-refractivity contribution in [2.24, 2.45) is 0 Å². The predicted octanol–water partition coefficient (Wildman–Crippen LogP) is 3.02. The summed E-state index contributed by atoms with van der Waals surface area (Å²) in [7, 11) is -3.75. The van der Waals surface area contributed by atoms with Crippen LogP contribution in [0.5, 0.6) is 0 Å². The molecule has 0 spiro atoms. The Kier molecular flexibility index (Phi) is 5.23. The van der Waals surface area contributed by atoms with Crippen LogP contribution in [-0.4, -0.2) is 26.5 Å². The second-order valence-corrected chi connectivity index (χ2v) is 7.66. The largest absolute Gasteiger partial charge is 0.416 e. The van der Waals surface area contributed by atoms with Gasteiger partial charge < -0.3 is 5.32 Å². The van der Waals surface area contributed by atoms with E-state index in [0.717, 1.165) is 17.2 Å². The highest BCUT2D eigenvalue weighted by atomic mass is 32.2. The van der Waals surface area contributed by atoms with Crippen LogP contribution in [0.4, 0.5) is 13.2 Å². The van der Waals surface area contributed by atoms with Gasteiger partial charge in [-0.05, 0) is 18.2 Å². The maximum atomic E-state index is 12.6. The van der Waals surface area contributed by atoms with Crippen LogP contribution in [0.3, 0.4) is 0 Å². The van der Waals surface area contributed by atoms with Crippen molar-refractivity contribution in [1.82, 2.24) is 5.32 Å². The predicted molar refractivity (Wildman–Crippen MR) is 79.9 cm³/mol. The van der Waals surface area contributed by atoms with Crippen molar-refractivity contribution in [2.45, 2.75) is 11.1 Å². The molecule has 0 fully saturated rings. The molecule has 1 heterocycles. The number of thioether (sulfide) groups is 1. The molecule has 1 aliphatic heterocycles. The monoisotopic (exact) mass is 348 g/mol. The lowest BCUT2D eigenvalue weighted by atomic mass is 10.2. The van der Waals surface area contributed by atoms with Gasteiger partial charge in [0.2, 0.25) is 0 Å². The summed E-state index contributed by atoms with van der Waals surface area (Å²) in [4.78, 5) is -0.308. The fourth-order valence-corrected chi connectivity index (χ4v) is 4.31. The Bertz CT molecular complexity index is 694. The van der Waals surface area contributed by atoms with Crippen LogP contribution in [0.1, 0.15) is 5.56 Å². The molecule has 2 rings (SSSR count). The van der Waals surface area contributed by atoms with Crippen LogP contribution in [-0.2, 0) is 16.0 Å². The molecule has 0 saturated carbocycles. The molecule has 1 N–H and O–H groups in total. The van der Waals surface area contributed by atoms with Crippen molar-refractivity contribution < 1.29 is 21.6 Å². The van der Waals surface area contributed by atoms with Gasteiger partial charge in [0.1, 0.15) is 0 Å². The second kappa shape index (κ2) is 6.78. The molecule has 0 atom stereocenters. The Morgan fingerprint density at radius 1 is 1.32 bits per heavy atom. The molecule has 3 nitrogen and oxygen atoms in total. The molecular formula is C14H13F3NO2S2. The van der Waals surface area contributed by atoms with E-state index in [0.29, 0.717) is 12.6 Å². The Morgan fingerprint density at radius 3 is 2.73 bits per heavy atom. The molecule has 0 aromatic heterocycles. The number of hydrogen-bond acceptors (Lipinski definition) is 4. The van der Waals surface area contributed by atoms with Gasteiger partial charge in [-0.25, -0.2) is 8.42 Å². The fourth-order valence-electron chi connectivity index (χ4n) is 1.73. The lowest BCUT2D eigenvalue weighted by Crippen LogP contribution is -2.16.